The fourth-order valence-corrected chi connectivity index (χ4v) is 5.99. The molecule has 0 radical (unpaired) electrons. The maximum absolute atomic E-state index is 12.6. The molecule has 0 aliphatic heterocycles. The first kappa shape index (κ1) is 19.2. The van der Waals surface area contributed by atoms with Crippen LogP contribution in [0.4, 0.5) is 0 Å². The van der Waals surface area contributed by atoms with E-state index in [0.29, 0.717) is 17.6 Å². The van der Waals surface area contributed by atoms with Gasteiger partial charge in [-0.05, 0) is 74.3 Å². The summed E-state index contributed by atoms with van der Waals surface area (Å²) in [7, 11) is 1.51. The summed E-state index contributed by atoms with van der Waals surface area (Å²) in [6.45, 7) is 8.80. The molecule has 0 spiro atoms. The highest BCUT2D eigenvalue weighted by Gasteiger charge is 2.57. The Hall–Kier alpha value is -1.55. The number of methoxy groups -OCH3 is 1. The molecular formula is C22H32O4. The maximum Gasteiger partial charge on any atom is 0.311 e. The predicted molar refractivity (Wildman–Crippen MR) is 100 cm³/mol. The highest BCUT2D eigenvalue weighted by Crippen LogP contribution is 2.62. The average Bonchev–Trinajstić information content (AvgIpc) is 3.07. The van der Waals surface area contributed by atoms with Gasteiger partial charge in [0.15, 0.2) is 0 Å². The summed E-state index contributed by atoms with van der Waals surface area (Å²) in [5.41, 5.74) is 2.07. The lowest BCUT2D eigenvalue weighted by Crippen LogP contribution is -2.53. The number of hydrogen-bond donors (Lipinski definition) is 1. The lowest BCUT2D eigenvalue weighted by atomic mass is 9.46. The normalized spacial score (nSPS) is 34.4. The van der Waals surface area contributed by atoms with Gasteiger partial charge < -0.3 is 14.3 Å². The lowest BCUT2D eigenvalue weighted by Gasteiger charge is -2.57. The Morgan fingerprint density at radius 1 is 1.42 bits per heavy atom. The van der Waals surface area contributed by atoms with Crippen molar-refractivity contribution in [3.8, 4) is 0 Å². The Morgan fingerprint density at radius 2 is 2.19 bits per heavy atom. The van der Waals surface area contributed by atoms with Crippen LogP contribution in [0, 0.1) is 22.7 Å². The molecule has 0 amide bonds. The number of hydrogen-bond acceptors (Lipinski definition) is 4. The van der Waals surface area contributed by atoms with Crippen molar-refractivity contribution >= 4 is 5.97 Å². The van der Waals surface area contributed by atoms with Crippen molar-refractivity contribution in [3.63, 3.8) is 0 Å². The predicted octanol–water partition coefficient (Wildman–Crippen LogP) is 4.66. The summed E-state index contributed by atoms with van der Waals surface area (Å²) >= 11 is 0. The highest BCUT2D eigenvalue weighted by molar-refractivity contribution is 5.77. The number of furan rings is 1. The Kier molecular flexibility index (Phi) is 5.34. The fraction of sp³-hybridized carbons (Fsp3) is 0.682. The minimum absolute atomic E-state index is 0.0583. The van der Waals surface area contributed by atoms with Crippen LogP contribution in [-0.2, 0) is 22.6 Å². The second kappa shape index (κ2) is 7.22. The standard InChI is InChI=1S/C22H32O4/c1-15-6-9-19-21(2,11-5-12-22(19,3)20(24)25-4)17(15)8-7-16-10-13-26-18(16)14-23/h10,13,17,19,23H,1,5-9,11-12,14H2,2-4H3/t17-,19?,21+,22-/m0/s1. The molecule has 144 valence electrons. The van der Waals surface area contributed by atoms with Gasteiger partial charge >= 0.3 is 5.97 Å². The van der Waals surface area contributed by atoms with Crippen LogP contribution in [0.1, 0.15) is 63.7 Å². The van der Waals surface area contributed by atoms with Gasteiger partial charge in [-0.25, -0.2) is 0 Å². The van der Waals surface area contributed by atoms with Crippen LogP contribution in [0.15, 0.2) is 28.9 Å². The fourth-order valence-electron chi connectivity index (χ4n) is 5.99. The molecule has 0 saturated heterocycles. The minimum atomic E-state index is -0.396. The molecule has 2 aliphatic rings. The monoisotopic (exact) mass is 360 g/mol. The van der Waals surface area contributed by atoms with Crippen molar-refractivity contribution in [2.24, 2.45) is 22.7 Å². The minimum Gasteiger partial charge on any atom is -0.469 e. The Bertz CT molecular complexity index is 675. The molecule has 1 aromatic heterocycles. The Morgan fingerprint density at radius 3 is 2.88 bits per heavy atom. The lowest BCUT2D eigenvalue weighted by molar-refractivity contribution is -0.168. The average molecular weight is 360 g/mol. The molecule has 26 heavy (non-hydrogen) atoms. The summed E-state index contributed by atoms with van der Waals surface area (Å²) in [4.78, 5) is 12.6. The number of carbonyl (C=O) groups excluding carboxylic acids is 1. The number of rotatable bonds is 5. The van der Waals surface area contributed by atoms with E-state index < -0.39 is 5.41 Å². The molecule has 3 rings (SSSR count). The van der Waals surface area contributed by atoms with Gasteiger partial charge in [-0.3, -0.25) is 4.79 Å². The summed E-state index contributed by atoms with van der Waals surface area (Å²) in [6.07, 6.45) is 8.59. The second-order valence-corrected chi connectivity index (χ2v) is 8.64. The Balaban J connectivity index is 1.85. The van der Waals surface area contributed by atoms with Crippen LogP contribution in [0.25, 0.3) is 0 Å². The number of aryl methyl sites for hydroxylation is 1. The van der Waals surface area contributed by atoms with Gasteiger partial charge in [0.25, 0.3) is 0 Å². The van der Waals surface area contributed by atoms with Crippen molar-refractivity contribution in [3.05, 3.63) is 35.8 Å². The molecule has 4 atom stereocenters. The van der Waals surface area contributed by atoms with E-state index in [-0.39, 0.29) is 18.0 Å². The molecule has 1 N–H and O–H groups in total. The van der Waals surface area contributed by atoms with Gasteiger partial charge in [-0.15, -0.1) is 0 Å². The number of esters is 1. The van der Waals surface area contributed by atoms with E-state index in [2.05, 4.69) is 20.4 Å². The van der Waals surface area contributed by atoms with Crippen LogP contribution >= 0.6 is 0 Å². The number of aliphatic hydroxyl groups excluding tert-OH is 1. The van der Waals surface area contributed by atoms with Crippen molar-refractivity contribution in [2.45, 2.75) is 65.4 Å². The van der Waals surface area contributed by atoms with Crippen molar-refractivity contribution in [1.82, 2.24) is 0 Å². The number of ether oxygens (including phenoxy) is 1. The molecule has 2 fully saturated rings. The van der Waals surface area contributed by atoms with Gasteiger partial charge in [-0.1, -0.05) is 25.5 Å². The SMILES string of the molecule is C=C1CCC2[C@](C)(CCC[C@]2(C)C(=O)OC)[C@H]1CCc1ccoc1CO. The molecule has 1 aromatic rings. The number of carbonyl (C=O) groups is 1. The highest BCUT2D eigenvalue weighted by atomic mass is 16.5. The molecule has 0 bridgehead atoms. The van der Waals surface area contributed by atoms with Crippen LogP contribution in [-0.4, -0.2) is 18.2 Å². The van der Waals surface area contributed by atoms with E-state index in [1.54, 1.807) is 6.26 Å². The second-order valence-electron chi connectivity index (χ2n) is 8.64. The largest absolute Gasteiger partial charge is 0.469 e. The molecule has 4 nitrogen and oxygen atoms in total. The van der Waals surface area contributed by atoms with Crippen molar-refractivity contribution < 1.29 is 19.1 Å². The molecule has 2 saturated carbocycles. The molecule has 2 aliphatic carbocycles. The number of fused-ring (bicyclic) bond motifs is 1. The number of aliphatic hydroxyl groups is 1. The van der Waals surface area contributed by atoms with Crippen LogP contribution in [0.5, 0.6) is 0 Å². The van der Waals surface area contributed by atoms with Gasteiger partial charge in [0.2, 0.25) is 0 Å². The smallest absolute Gasteiger partial charge is 0.311 e. The van der Waals surface area contributed by atoms with Gasteiger partial charge in [0.05, 0.1) is 18.8 Å². The summed E-state index contributed by atoms with van der Waals surface area (Å²) < 4.78 is 10.6. The van der Waals surface area contributed by atoms with E-state index in [0.717, 1.165) is 50.5 Å². The van der Waals surface area contributed by atoms with Crippen molar-refractivity contribution in [2.75, 3.05) is 7.11 Å². The zero-order valence-electron chi connectivity index (χ0n) is 16.3. The third kappa shape index (κ3) is 3.02. The summed E-state index contributed by atoms with van der Waals surface area (Å²) in [5.74, 6) is 1.31. The molecule has 4 heteroatoms. The number of allylic oxidation sites excluding steroid dienone is 1. The first-order chi connectivity index (χ1) is 12.4. The van der Waals surface area contributed by atoms with Crippen LogP contribution in [0.3, 0.4) is 0 Å². The molecule has 1 heterocycles. The zero-order valence-corrected chi connectivity index (χ0v) is 16.3. The van der Waals surface area contributed by atoms with E-state index >= 15 is 0 Å². The summed E-state index contributed by atoms with van der Waals surface area (Å²) in [6, 6.07) is 1.95. The molecule has 1 unspecified atom stereocenters. The van der Waals surface area contributed by atoms with Gasteiger partial charge in [0, 0.05) is 0 Å². The summed E-state index contributed by atoms with van der Waals surface area (Å²) in [5, 5.41) is 9.43. The van der Waals surface area contributed by atoms with Crippen LogP contribution < -0.4 is 0 Å². The first-order valence-electron chi connectivity index (χ1n) is 9.79. The van der Waals surface area contributed by atoms with Gasteiger partial charge in [0.1, 0.15) is 12.4 Å². The first-order valence-corrected chi connectivity index (χ1v) is 9.79. The van der Waals surface area contributed by atoms with E-state index in [4.69, 9.17) is 9.15 Å². The molecule has 0 aromatic carbocycles. The third-order valence-electron chi connectivity index (χ3n) is 7.36. The third-order valence-corrected chi connectivity index (χ3v) is 7.36. The van der Waals surface area contributed by atoms with E-state index in [1.807, 2.05) is 6.07 Å². The quantitative estimate of drug-likeness (QED) is 0.613. The zero-order chi connectivity index (χ0) is 18.9. The van der Waals surface area contributed by atoms with Gasteiger partial charge in [-0.2, -0.15) is 0 Å². The van der Waals surface area contributed by atoms with Crippen LogP contribution in [0.2, 0.25) is 0 Å². The van der Waals surface area contributed by atoms with E-state index in [1.165, 1.54) is 12.7 Å². The van der Waals surface area contributed by atoms with E-state index in [9.17, 15) is 9.90 Å². The van der Waals surface area contributed by atoms with Crippen molar-refractivity contribution in [1.29, 1.82) is 0 Å². The topological polar surface area (TPSA) is 59.7 Å². The Labute approximate surface area is 156 Å². The maximum atomic E-state index is 12.6. The molecular weight excluding hydrogens is 328 g/mol.